The number of hydrogen-bond donors (Lipinski definition) is 1. The third kappa shape index (κ3) is 4.15. The molecular formula is C18H20N4O4S. The van der Waals surface area contributed by atoms with Gasteiger partial charge in [0.05, 0.1) is 10.6 Å². The lowest BCUT2D eigenvalue weighted by atomic mass is 10.1. The Kier molecular flexibility index (Phi) is 5.15. The van der Waals surface area contributed by atoms with Crippen molar-refractivity contribution in [3.05, 3.63) is 50.5 Å². The molecule has 1 aromatic heterocycles. The van der Waals surface area contributed by atoms with Gasteiger partial charge in [-0.2, -0.15) is 0 Å². The van der Waals surface area contributed by atoms with Crippen LogP contribution in [-0.4, -0.2) is 40.0 Å². The van der Waals surface area contributed by atoms with E-state index in [1.807, 2.05) is 0 Å². The summed E-state index contributed by atoms with van der Waals surface area (Å²) in [5, 5.41) is 14.3. The van der Waals surface area contributed by atoms with Crippen molar-refractivity contribution in [3.8, 4) is 0 Å². The Hall–Kier alpha value is -2.36. The van der Waals surface area contributed by atoms with Gasteiger partial charge in [0.1, 0.15) is 6.10 Å². The van der Waals surface area contributed by atoms with Crippen LogP contribution in [0.15, 0.2) is 24.3 Å². The third-order valence-corrected chi connectivity index (χ3v) is 5.81. The van der Waals surface area contributed by atoms with E-state index in [2.05, 4.69) is 15.2 Å². The van der Waals surface area contributed by atoms with E-state index in [1.54, 1.807) is 12.1 Å². The summed E-state index contributed by atoms with van der Waals surface area (Å²) < 4.78 is 5.41. The van der Waals surface area contributed by atoms with Gasteiger partial charge in [-0.25, -0.2) is 4.98 Å². The second kappa shape index (κ2) is 7.71. The number of anilines is 1. The molecule has 1 N–H and O–H groups in total. The highest BCUT2D eigenvalue weighted by molar-refractivity contribution is 7.15. The number of carbonyl (C=O) groups excluding carboxylic acids is 1. The van der Waals surface area contributed by atoms with Crippen LogP contribution in [0.25, 0.3) is 0 Å². The Balaban J connectivity index is 1.37. The van der Waals surface area contributed by atoms with Gasteiger partial charge in [-0.05, 0) is 18.4 Å². The molecular weight excluding hydrogens is 368 g/mol. The minimum atomic E-state index is -0.388. The maximum Gasteiger partial charge on any atom is 0.269 e. The Morgan fingerprint density at radius 1 is 1.41 bits per heavy atom. The largest absolute Gasteiger partial charge is 0.368 e. The molecule has 142 valence electrons. The number of nitro groups is 1. The molecule has 1 fully saturated rings. The summed E-state index contributed by atoms with van der Waals surface area (Å²) in [6.45, 7) is 3.00. The molecule has 0 aliphatic carbocycles. The van der Waals surface area contributed by atoms with Crippen LogP contribution in [0.4, 0.5) is 10.8 Å². The van der Waals surface area contributed by atoms with Crippen molar-refractivity contribution in [1.82, 2.24) is 9.88 Å². The lowest BCUT2D eigenvalue weighted by molar-refractivity contribution is -0.384. The fourth-order valence-corrected chi connectivity index (χ4v) is 4.44. The van der Waals surface area contributed by atoms with E-state index in [9.17, 15) is 14.9 Å². The van der Waals surface area contributed by atoms with Crippen LogP contribution < -0.4 is 5.32 Å². The number of non-ortho nitro benzene ring substituents is 1. The summed E-state index contributed by atoms with van der Waals surface area (Å²) in [6, 6.07) is 6.67. The van der Waals surface area contributed by atoms with E-state index in [1.165, 1.54) is 23.5 Å². The predicted octanol–water partition coefficient (Wildman–Crippen LogP) is 2.73. The van der Waals surface area contributed by atoms with E-state index >= 15 is 0 Å². The van der Waals surface area contributed by atoms with Crippen LogP contribution in [0.3, 0.4) is 0 Å². The molecule has 1 atom stereocenters. The van der Waals surface area contributed by atoms with Crippen LogP contribution in [-0.2, 0) is 29.0 Å². The van der Waals surface area contributed by atoms with Gasteiger partial charge in [0, 0.05) is 49.7 Å². The zero-order chi connectivity index (χ0) is 18.8. The van der Waals surface area contributed by atoms with Crippen molar-refractivity contribution < 1.29 is 14.5 Å². The Labute approximate surface area is 160 Å². The Morgan fingerprint density at radius 3 is 2.93 bits per heavy atom. The molecule has 0 saturated carbocycles. The van der Waals surface area contributed by atoms with E-state index in [0.717, 1.165) is 55.0 Å². The number of aromatic nitrogens is 1. The number of fused-ring (bicyclic) bond motifs is 1. The highest BCUT2D eigenvalue weighted by Gasteiger charge is 2.26. The first-order valence-electron chi connectivity index (χ1n) is 8.95. The van der Waals surface area contributed by atoms with Gasteiger partial charge in [0.2, 0.25) is 0 Å². The maximum absolute atomic E-state index is 12.2. The van der Waals surface area contributed by atoms with Gasteiger partial charge in [0.25, 0.3) is 11.6 Å². The summed E-state index contributed by atoms with van der Waals surface area (Å²) in [6.07, 6.45) is 2.16. The Bertz CT molecular complexity index is 846. The third-order valence-electron chi connectivity index (χ3n) is 4.82. The summed E-state index contributed by atoms with van der Waals surface area (Å²) in [4.78, 5) is 30.6. The standard InChI is InChI=1S/C18H20N4O4S/c23-17(15-2-1-9-26-15)20-18-19-14-7-8-21(11-16(14)27-18)10-12-3-5-13(6-4-12)22(24)25/h3-6,15H,1-2,7-11H2,(H,19,20,23). The fraction of sp³-hybridized carbons (Fsp3) is 0.444. The molecule has 1 unspecified atom stereocenters. The molecule has 4 rings (SSSR count). The van der Waals surface area contributed by atoms with Crippen LogP contribution in [0.1, 0.15) is 29.0 Å². The lowest BCUT2D eigenvalue weighted by Crippen LogP contribution is -2.29. The van der Waals surface area contributed by atoms with Crippen molar-refractivity contribution in [1.29, 1.82) is 0 Å². The number of benzene rings is 1. The van der Waals surface area contributed by atoms with Gasteiger partial charge < -0.3 is 4.74 Å². The molecule has 0 bridgehead atoms. The molecule has 1 aromatic carbocycles. The van der Waals surface area contributed by atoms with Crippen LogP contribution in [0.5, 0.6) is 0 Å². The minimum absolute atomic E-state index is 0.105. The van der Waals surface area contributed by atoms with Gasteiger partial charge in [-0.1, -0.05) is 12.1 Å². The monoisotopic (exact) mass is 388 g/mol. The average molecular weight is 388 g/mol. The van der Waals surface area contributed by atoms with Gasteiger partial charge >= 0.3 is 0 Å². The first-order chi connectivity index (χ1) is 13.1. The molecule has 0 radical (unpaired) electrons. The van der Waals surface area contributed by atoms with Crippen LogP contribution >= 0.6 is 11.3 Å². The van der Waals surface area contributed by atoms with Gasteiger partial charge in [-0.15, -0.1) is 11.3 Å². The SMILES string of the molecule is O=C(Nc1nc2c(s1)CN(Cc1ccc([N+](=O)[O-])cc1)CC2)C1CCCO1. The molecule has 8 nitrogen and oxygen atoms in total. The van der Waals surface area contributed by atoms with Gasteiger partial charge in [-0.3, -0.25) is 25.1 Å². The van der Waals surface area contributed by atoms with Crippen LogP contribution in [0, 0.1) is 10.1 Å². The first kappa shape index (κ1) is 18.0. The van der Waals surface area contributed by atoms with E-state index < -0.39 is 0 Å². The summed E-state index contributed by atoms with van der Waals surface area (Å²) >= 11 is 1.51. The zero-order valence-electron chi connectivity index (χ0n) is 14.7. The van der Waals surface area contributed by atoms with E-state index in [0.29, 0.717) is 11.7 Å². The number of carbonyl (C=O) groups is 1. The number of thiazole rings is 1. The number of amides is 1. The quantitative estimate of drug-likeness (QED) is 0.625. The molecule has 9 heteroatoms. The highest BCUT2D eigenvalue weighted by Crippen LogP contribution is 2.29. The predicted molar refractivity (Wildman–Crippen MR) is 101 cm³/mol. The topological polar surface area (TPSA) is 97.6 Å². The van der Waals surface area contributed by atoms with E-state index in [-0.39, 0.29) is 22.6 Å². The summed E-state index contributed by atoms with van der Waals surface area (Å²) in [5.41, 5.74) is 2.19. The number of nitrogens with zero attached hydrogens (tertiary/aromatic N) is 3. The number of ether oxygens (including phenoxy) is 1. The second-order valence-corrected chi connectivity index (χ2v) is 7.85. The fourth-order valence-electron chi connectivity index (χ4n) is 3.39. The van der Waals surface area contributed by atoms with Crippen molar-refractivity contribution >= 4 is 28.1 Å². The number of nitrogens with one attached hydrogen (secondary N) is 1. The minimum Gasteiger partial charge on any atom is -0.368 e. The van der Waals surface area contributed by atoms with Crippen LogP contribution in [0.2, 0.25) is 0 Å². The number of rotatable bonds is 5. The smallest absolute Gasteiger partial charge is 0.269 e. The highest BCUT2D eigenvalue weighted by atomic mass is 32.1. The molecule has 2 aliphatic heterocycles. The number of hydrogen-bond acceptors (Lipinski definition) is 7. The Morgan fingerprint density at radius 2 is 2.22 bits per heavy atom. The molecule has 1 saturated heterocycles. The molecule has 3 heterocycles. The molecule has 2 aromatic rings. The van der Waals surface area contributed by atoms with Crippen molar-refractivity contribution in [2.45, 2.75) is 38.5 Å². The average Bonchev–Trinajstić information content (AvgIpc) is 3.31. The molecule has 1 amide bonds. The van der Waals surface area contributed by atoms with Crippen molar-refractivity contribution in [2.24, 2.45) is 0 Å². The normalized spacial score (nSPS) is 19.6. The molecule has 27 heavy (non-hydrogen) atoms. The summed E-state index contributed by atoms with van der Waals surface area (Å²) in [7, 11) is 0. The zero-order valence-corrected chi connectivity index (χ0v) is 15.5. The molecule has 0 spiro atoms. The molecule has 2 aliphatic rings. The van der Waals surface area contributed by atoms with E-state index in [4.69, 9.17) is 4.74 Å². The number of nitro benzene ring substituents is 1. The van der Waals surface area contributed by atoms with Crippen molar-refractivity contribution in [2.75, 3.05) is 18.5 Å². The second-order valence-electron chi connectivity index (χ2n) is 6.76. The van der Waals surface area contributed by atoms with Crippen molar-refractivity contribution in [3.63, 3.8) is 0 Å². The van der Waals surface area contributed by atoms with Gasteiger partial charge in [0.15, 0.2) is 5.13 Å². The first-order valence-corrected chi connectivity index (χ1v) is 9.77. The maximum atomic E-state index is 12.2. The summed E-state index contributed by atoms with van der Waals surface area (Å²) in [5.74, 6) is -0.110. The lowest BCUT2D eigenvalue weighted by Gasteiger charge is -2.25.